The van der Waals surface area contributed by atoms with E-state index in [4.69, 9.17) is 4.52 Å². The minimum Gasteiger partial charge on any atom is -0.339 e. The second kappa shape index (κ2) is 6.70. The minimum absolute atomic E-state index is 0.105. The van der Waals surface area contributed by atoms with E-state index in [-0.39, 0.29) is 6.04 Å². The Hall–Kier alpha value is -2.19. The van der Waals surface area contributed by atoms with Gasteiger partial charge in [0.25, 0.3) is 10.0 Å². The van der Waals surface area contributed by atoms with E-state index >= 15 is 0 Å². The molecule has 8 heteroatoms. The van der Waals surface area contributed by atoms with Crippen LogP contribution in [0, 0.1) is 0 Å². The summed E-state index contributed by atoms with van der Waals surface area (Å²) in [6, 6.07) is 9.25. The second-order valence-corrected chi connectivity index (χ2v) is 10.5. The summed E-state index contributed by atoms with van der Waals surface area (Å²) in [7, 11) is -3.63. The standard InChI is InChI=1S/C20H21N3O3S2/c1-13-10-15-8-4-5-9-17(15)23(13)28(24,25)18-11-16(12-27-18)19-21-20(26-22-19)14-6-2-3-7-14/h4-5,8-9,11-14H,2-3,6-7,10H2,1H3/t13-/m0/s1. The van der Waals surface area contributed by atoms with Gasteiger partial charge in [-0.25, -0.2) is 8.42 Å². The molecule has 1 fully saturated rings. The molecule has 2 aromatic heterocycles. The van der Waals surface area contributed by atoms with Crippen molar-refractivity contribution in [2.45, 2.75) is 55.2 Å². The molecule has 28 heavy (non-hydrogen) atoms. The molecule has 1 aromatic carbocycles. The van der Waals surface area contributed by atoms with Gasteiger partial charge in [-0.15, -0.1) is 11.3 Å². The summed E-state index contributed by atoms with van der Waals surface area (Å²) in [5.74, 6) is 1.48. The fraction of sp³-hybridized carbons (Fsp3) is 0.400. The summed E-state index contributed by atoms with van der Waals surface area (Å²) < 4.78 is 34.0. The fourth-order valence-corrected chi connectivity index (χ4v) is 7.20. The van der Waals surface area contributed by atoms with Crippen molar-refractivity contribution in [2.24, 2.45) is 0 Å². The lowest BCUT2D eigenvalue weighted by Gasteiger charge is -2.23. The highest BCUT2D eigenvalue weighted by atomic mass is 32.2. The molecule has 0 bridgehead atoms. The average molecular weight is 416 g/mol. The zero-order chi connectivity index (χ0) is 19.3. The Bertz CT molecular complexity index is 1110. The van der Waals surface area contributed by atoms with Gasteiger partial charge in [-0.05, 0) is 43.9 Å². The Morgan fingerprint density at radius 2 is 2.00 bits per heavy atom. The van der Waals surface area contributed by atoms with Crippen molar-refractivity contribution < 1.29 is 12.9 Å². The van der Waals surface area contributed by atoms with Gasteiger partial charge in [-0.1, -0.05) is 36.2 Å². The molecule has 0 saturated heterocycles. The van der Waals surface area contributed by atoms with E-state index in [1.54, 1.807) is 11.4 Å². The van der Waals surface area contributed by atoms with Crippen molar-refractivity contribution >= 4 is 27.0 Å². The van der Waals surface area contributed by atoms with Gasteiger partial charge in [0.15, 0.2) is 0 Å². The maximum atomic E-state index is 13.3. The average Bonchev–Trinajstić information content (AvgIpc) is 3.45. The molecule has 2 aliphatic rings. The highest BCUT2D eigenvalue weighted by molar-refractivity contribution is 7.94. The predicted molar refractivity (Wildman–Crippen MR) is 108 cm³/mol. The summed E-state index contributed by atoms with van der Waals surface area (Å²) in [5, 5.41) is 5.88. The largest absolute Gasteiger partial charge is 0.339 e. The Balaban J connectivity index is 1.46. The third-order valence-electron chi connectivity index (χ3n) is 5.64. The first-order valence-corrected chi connectivity index (χ1v) is 11.9. The summed E-state index contributed by atoms with van der Waals surface area (Å²) in [6.45, 7) is 1.94. The third-order valence-corrected chi connectivity index (χ3v) is 8.98. The molecule has 1 aliphatic heterocycles. The number of rotatable bonds is 4. The van der Waals surface area contributed by atoms with Crippen molar-refractivity contribution in [1.29, 1.82) is 0 Å². The van der Waals surface area contributed by atoms with Crippen molar-refractivity contribution in [3.05, 3.63) is 47.2 Å². The molecule has 0 N–H and O–H groups in total. The first kappa shape index (κ1) is 17.9. The van der Waals surface area contributed by atoms with Crippen LogP contribution in [-0.4, -0.2) is 24.6 Å². The van der Waals surface area contributed by atoms with Gasteiger partial charge in [-0.2, -0.15) is 4.98 Å². The van der Waals surface area contributed by atoms with Crippen LogP contribution in [0.25, 0.3) is 11.4 Å². The molecule has 3 heterocycles. The molecule has 0 spiro atoms. The van der Waals surface area contributed by atoms with Gasteiger partial charge >= 0.3 is 0 Å². The Kier molecular flexibility index (Phi) is 4.28. The van der Waals surface area contributed by atoms with E-state index in [9.17, 15) is 8.42 Å². The summed E-state index contributed by atoms with van der Waals surface area (Å²) >= 11 is 1.21. The van der Waals surface area contributed by atoms with Gasteiger partial charge in [-0.3, -0.25) is 4.31 Å². The van der Waals surface area contributed by atoms with Crippen LogP contribution in [0.15, 0.2) is 44.4 Å². The normalized spacial score (nSPS) is 20.0. The van der Waals surface area contributed by atoms with Gasteiger partial charge in [0.2, 0.25) is 11.7 Å². The van der Waals surface area contributed by atoms with Crippen LogP contribution in [0.3, 0.4) is 0 Å². The van der Waals surface area contributed by atoms with Crippen LogP contribution in [0.5, 0.6) is 0 Å². The predicted octanol–water partition coefficient (Wildman–Crippen LogP) is 4.60. The fourth-order valence-electron chi connectivity index (χ4n) is 4.26. The monoisotopic (exact) mass is 415 g/mol. The second-order valence-electron chi connectivity index (χ2n) is 7.57. The van der Waals surface area contributed by atoms with Gasteiger partial charge in [0.1, 0.15) is 4.21 Å². The highest BCUT2D eigenvalue weighted by Gasteiger charge is 2.37. The number of thiophene rings is 1. The lowest BCUT2D eigenvalue weighted by atomic mass is 10.1. The zero-order valence-electron chi connectivity index (χ0n) is 15.5. The zero-order valence-corrected chi connectivity index (χ0v) is 17.2. The van der Waals surface area contributed by atoms with Crippen molar-refractivity contribution in [1.82, 2.24) is 10.1 Å². The molecule has 5 rings (SSSR count). The van der Waals surface area contributed by atoms with Gasteiger partial charge in [0, 0.05) is 22.9 Å². The number of benzene rings is 1. The van der Waals surface area contributed by atoms with Crippen molar-refractivity contribution in [3.8, 4) is 11.4 Å². The van der Waals surface area contributed by atoms with Gasteiger partial charge in [0.05, 0.1) is 5.69 Å². The van der Waals surface area contributed by atoms with Crippen LogP contribution in [0.2, 0.25) is 0 Å². The van der Waals surface area contributed by atoms with Crippen molar-refractivity contribution in [2.75, 3.05) is 4.31 Å². The number of para-hydroxylation sites is 1. The molecule has 6 nitrogen and oxygen atoms in total. The Morgan fingerprint density at radius 1 is 1.21 bits per heavy atom. The third kappa shape index (κ3) is 2.86. The number of anilines is 1. The molecule has 3 aromatic rings. The van der Waals surface area contributed by atoms with Crippen LogP contribution < -0.4 is 4.31 Å². The van der Waals surface area contributed by atoms with Crippen LogP contribution >= 0.6 is 11.3 Å². The number of aromatic nitrogens is 2. The number of sulfonamides is 1. The molecule has 146 valence electrons. The Labute approximate surface area is 168 Å². The van der Waals surface area contributed by atoms with E-state index < -0.39 is 10.0 Å². The molecule has 1 saturated carbocycles. The molecule has 1 atom stereocenters. The number of hydrogen-bond acceptors (Lipinski definition) is 6. The van der Waals surface area contributed by atoms with E-state index in [0.29, 0.717) is 27.4 Å². The SMILES string of the molecule is C[C@H]1Cc2ccccc2N1S(=O)(=O)c1cc(-c2noc(C3CCCC3)n2)cs1. The summed E-state index contributed by atoms with van der Waals surface area (Å²) in [4.78, 5) is 4.53. The lowest BCUT2D eigenvalue weighted by molar-refractivity contribution is 0.354. The number of fused-ring (bicyclic) bond motifs is 1. The van der Waals surface area contributed by atoms with Crippen LogP contribution in [-0.2, 0) is 16.4 Å². The highest BCUT2D eigenvalue weighted by Crippen LogP contribution is 2.39. The maximum absolute atomic E-state index is 13.3. The quantitative estimate of drug-likeness (QED) is 0.623. The first-order chi connectivity index (χ1) is 13.5. The van der Waals surface area contributed by atoms with Gasteiger partial charge < -0.3 is 4.52 Å². The molecular formula is C20H21N3O3S2. The van der Waals surface area contributed by atoms with E-state index in [1.165, 1.54) is 28.5 Å². The smallest absolute Gasteiger partial charge is 0.274 e. The molecule has 0 unspecified atom stereocenters. The topological polar surface area (TPSA) is 76.3 Å². The molecule has 0 radical (unpaired) electrons. The number of nitrogens with zero attached hydrogens (tertiary/aromatic N) is 3. The summed E-state index contributed by atoms with van der Waals surface area (Å²) in [6.07, 6.45) is 5.27. The van der Waals surface area contributed by atoms with Crippen molar-refractivity contribution in [3.63, 3.8) is 0 Å². The Morgan fingerprint density at radius 3 is 2.82 bits per heavy atom. The van der Waals surface area contributed by atoms with Crippen LogP contribution in [0.4, 0.5) is 5.69 Å². The van der Waals surface area contributed by atoms with Crippen LogP contribution in [0.1, 0.15) is 50.0 Å². The molecule has 1 aliphatic carbocycles. The molecular weight excluding hydrogens is 394 g/mol. The van der Waals surface area contributed by atoms with E-state index in [2.05, 4.69) is 10.1 Å². The minimum atomic E-state index is -3.63. The summed E-state index contributed by atoms with van der Waals surface area (Å²) in [5.41, 5.74) is 2.53. The number of hydrogen-bond donors (Lipinski definition) is 0. The molecule has 0 amide bonds. The lowest BCUT2D eigenvalue weighted by Crippen LogP contribution is -2.35. The maximum Gasteiger partial charge on any atom is 0.274 e. The van der Waals surface area contributed by atoms with E-state index in [0.717, 1.165) is 30.5 Å². The van der Waals surface area contributed by atoms with E-state index in [1.807, 2.05) is 31.2 Å². The first-order valence-electron chi connectivity index (χ1n) is 9.59.